The first-order chi connectivity index (χ1) is 13.8. The third kappa shape index (κ3) is 3.05. The van der Waals surface area contributed by atoms with Crippen LogP contribution in [-0.2, 0) is 12.6 Å². The van der Waals surface area contributed by atoms with Gasteiger partial charge in [-0.15, -0.1) is 0 Å². The van der Waals surface area contributed by atoms with E-state index in [4.69, 9.17) is 16.6 Å². The maximum atomic E-state index is 6.34. The molecule has 4 aromatic heterocycles. The summed E-state index contributed by atoms with van der Waals surface area (Å²) in [5.41, 5.74) is 2.94. The Morgan fingerprint density at radius 2 is 2.03 bits per heavy atom. The molecule has 0 aliphatic heterocycles. The van der Waals surface area contributed by atoms with Crippen LogP contribution in [0.15, 0.2) is 18.7 Å². The number of aryl methyl sites for hydroxylation is 2. The van der Waals surface area contributed by atoms with Crippen LogP contribution in [-0.4, -0.2) is 39.5 Å². The third-order valence-electron chi connectivity index (χ3n) is 5.34. The molecule has 1 fully saturated rings. The van der Waals surface area contributed by atoms with Gasteiger partial charge in [-0.1, -0.05) is 11.6 Å². The summed E-state index contributed by atoms with van der Waals surface area (Å²) < 4.78 is 3.56. The second kappa shape index (κ2) is 6.28. The number of aromatic amines is 1. The summed E-state index contributed by atoms with van der Waals surface area (Å²) in [7, 11) is 1.85. The van der Waals surface area contributed by atoms with E-state index in [1.807, 2.05) is 38.7 Å². The van der Waals surface area contributed by atoms with E-state index in [1.54, 1.807) is 17.2 Å². The fraction of sp³-hybridized carbons (Fsp3) is 0.421. The number of aromatic nitrogens is 8. The maximum Gasteiger partial charge on any atom is 0.229 e. The highest BCUT2D eigenvalue weighted by Gasteiger charge is 2.31. The van der Waals surface area contributed by atoms with Gasteiger partial charge in [-0.05, 0) is 33.6 Å². The minimum atomic E-state index is -0.497. The Hall–Kier alpha value is -2.94. The Morgan fingerprint density at radius 1 is 1.24 bits per heavy atom. The lowest BCUT2D eigenvalue weighted by molar-refractivity contribution is 0.365. The largest absolute Gasteiger partial charge is 0.344 e. The van der Waals surface area contributed by atoms with Crippen molar-refractivity contribution >= 4 is 34.3 Å². The SMILES string of the molecule is Cc1nn(C(C)(C)c2ncn(C)n2)cc1Nc1nc(C2CC2)c2c(Cl)c[nH]c2n1. The highest BCUT2D eigenvalue weighted by molar-refractivity contribution is 6.35. The Morgan fingerprint density at radius 3 is 2.72 bits per heavy atom. The molecule has 0 atom stereocenters. The molecule has 29 heavy (non-hydrogen) atoms. The predicted molar refractivity (Wildman–Crippen MR) is 111 cm³/mol. The number of hydrogen-bond acceptors (Lipinski definition) is 6. The van der Waals surface area contributed by atoms with Crippen molar-refractivity contribution in [2.75, 3.05) is 5.32 Å². The number of nitrogens with one attached hydrogen (secondary N) is 2. The molecule has 2 N–H and O–H groups in total. The minimum Gasteiger partial charge on any atom is -0.344 e. The Bertz CT molecular complexity index is 1210. The topological polar surface area (TPSA) is 102 Å². The molecular formula is C19H22ClN9. The molecule has 0 amide bonds. The molecular weight excluding hydrogens is 390 g/mol. The van der Waals surface area contributed by atoms with Crippen molar-refractivity contribution in [1.82, 2.24) is 39.5 Å². The highest BCUT2D eigenvalue weighted by Crippen LogP contribution is 2.44. The van der Waals surface area contributed by atoms with Gasteiger partial charge >= 0.3 is 0 Å². The molecule has 0 bridgehead atoms. The molecule has 0 aromatic carbocycles. The molecule has 1 aliphatic carbocycles. The number of anilines is 2. The fourth-order valence-electron chi connectivity index (χ4n) is 3.44. The monoisotopic (exact) mass is 411 g/mol. The normalized spacial score (nSPS) is 14.7. The van der Waals surface area contributed by atoms with Gasteiger partial charge in [-0.2, -0.15) is 15.2 Å². The van der Waals surface area contributed by atoms with Crippen molar-refractivity contribution in [2.45, 2.75) is 45.1 Å². The zero-order valence-corrected chi connectivity index (χ0v) is 17.5. The average Bonchev–Trinajstić information content (AvgIpc) is 3.17. The molecule has 150 valence electrons. The van der Waals surface area contributed by atoms with E-state index in [2.05, 4.69) is 30.5 Å². The fourth-order valence-corrected chi connectivity index (χ4v) is 3.68. The molecule has 4 heterocycles. The van der Waals surface area contributed by atoms with Gasteiger partial charge in [-0.25, -0.2) is 9.97 Å². The summed E-state index contributed by atoms with van der Waals surface area (Å²) in [6.07, 6.45) is 7.67. The lowest BCUT2D eigenvalue weighted by Gasteiger charge is -2.21. The highest BCUT2D eigenvalue weighted by atomic mass is 35.5. The smallest absolute Gasteiger partial charge is 0.229 e. The summed E-state index contributed by atoms with van der Waals surface area (Å²) in [6, 6.07) is 0. The Kier molecular flexibility index (Phi) is 3.92. The molecule has 0 saturated heterocycles. The van der Waals surface area contributed by atoms with Crippen LogP contribution in [0.4, 0.5) is 11.6 Å². The van der Waals surface area contributed by atoms with Crippen LogP contribution in [0.25, 0.3) is 11.0 Å². The van der Waals surface area contributed by atoms with Crippen LogP contribution in [0, 0.1) is 6.92 Å². The number of halogens is 1. The van der Waals surface area contributed by atoms with E-state index in [-0.39, 0.29) is 0 Å². The second-order valence-electron chi connectivity index (χ2n) is 8.07. The quantitative estimate of drug-likeness (QED) is 0.519. The lowest BCUT2D eigenvalue weighted by atomic mass is 10.1. The van der Waals surface area contributed by atoms with Gasteiger partial charge in [0.2, 0.25) is 5.95 Å². The van der Waals surface area contributed by atoms with Gasteiger partial charge < -0.3 is 10.3 Å². The molecule has 0 spiro atoms. The van der Waals surface area contributed by atoms with Gasteiger partial charge in [0.05, 0.1) is 27.5 Å². The molecule has 5 rings (SSSR count). The summed E-state index contributed by atoms with van der Waals surface area (Å²) in [5, 5.41) is 14.0. The summed E-state index contributed by atoms with van der Waals surface area (Å²) >= 11 is 6.34. The first-order valence-electron chi connectivity index (χ1n) is 9.57. The molecule has 1 saturated carbocycles. The van der Waals surface area contributed by atoms with Crippen LogP contribution in [0.5, 0.6) is 0 Å². The van der Waals surface area contributed by atoms with Crippen LogP contribution < -0.4 is 5.32 Å². The maximum absolute atomic E-state index is 6.34. The first kappa shape index (κ1) is 18.1. The molecule has 4 aromatic rings. The predicted octanol–water partition coefficient (Wildman–Crippen LogP) is 3.65. The zero-order valence-electron chi connectivity index (χ0n) is 16.7. The molecule has 0 unspecified atom stereocenters. The molecule has 0 radical (unpaired) electrons. The van der Waals surface area contributed by atoms with Crippen molar-refractivity contribution in [3.63, 3.8) is 0 Å². The van der Waals surface area contributed by atoms with E-state index in [9.17, 15) is 0 Å². The Labute approximate surface area is 172 Å². The first-order valence-corrected chi connectivity index (χ1v) is 9.95. The molecule has 1 aliphatic rings. The number of hydrogen-bond donors (Lipinski definition) is 2. The van der Waals surface area contributed by atoms with Crippen molar-refractivity contribution in [1.29, 1.82) is 0 Å². The van der Waals surface area contributed by atoms with Gasteiger partial charge in [-0.3, -0.25) is 9.36 Å². The number of fused-ring (bicyclic) bond motifs is 1. The van der Waals surface area contributed by atoms with Crippen molar-refractivity contribution in [3.8, 4) is 0 Å². The van der Waals surface area contributed by atoms with Crippen LogP contribution in [0.1, 0.15) is 49.8 Å². The van der Waals surface area contributed by atoms with E-state index >= 15 is 0 Å². The number of nitrogens with zero attached hydrogens (tertiary/aromatic N) is 7. The van der Waals surface area contributed by atoms with E-state index < -0.39 is 5.54 Å². The lowest BCUT2D eigenvalue weighted by Crippen LogP contribution is -2.30. The minimum absolute atomic E-state index is 0.451. The van der Waals surface area contributed by atoms with Crippen LogP contribution in [0.2, 0.25) is 5.02 Å². The number of rotatable bonds is 5. The Balaban J connectivity index is 1.50. The van der Waals surface area contributed by atoms with Crippen LogP contribution in [0.3, 0.4) is 0 Å². The number of H-pyrrole nitrogens is 1. The summed E-state index contributed by atoms with van der Waals surface area (Å²) in [4.78, 5) is 16.9. The van der Waals surface area contributed by atoms with E-state index in [0.717, 1.165) is 41.0 Å². The third-order valence-corrected chi connectivity index (χ3v) is 5.64. The van der Waals surface area contributed by atoms with Gasteiger partial charge in [0.15, 0.2) is 5.82 Å². The van der Waals surface area contributed by atoms with Gasteiger partial charge in [0, 0.05) is 25.4 Å². The van der Waals surface area contributed by atoms with E-state index in [1.165, 1.54) is 0 Å². The van der Waals surface area contributed by atoms with E-state index in [0.29, 0.717) is 22.7 Å². The molecule has 10 heteroatoms. The van der Waals surface area contributed by atoms with Crippen molar-refractivity contribution in [2.24, 2.45) is 7.05 Å². The average molecular weight is 412 g/mol. The standard InChI is InChI=1S/C19H22ClN9/c1-10-13(8-29(26-10)19(2,3)17-22-9-28(4)27-17)23-18-24-15(11-5-6-11)14-12(20)7-21-16(14)25-18/h7-9,11H,5-6H2,1-4H3,(H2,21,23,24,25). The summed E-state index contributed by atoms with van der Waals surface area (Å²) in [5.74, 6) is 1.69. The second-order valence-corrected chi connectivity index (χ2v) is 8.47. The van der Waals surface area contributed by atoms with Gasteiger partial charge in [0.1, 0.15) is 17.5 Å². The molecule has 9 nitrogen and oxygen atoms in total. The van der Waals surface area contributed by atoms with Gasteiger partial charge in [0.25, 0.3) is 0 Å². The summed E-state index contributed by atoms with van der Waals surface area (Å²) in [6.45, 7) is 6.02. The van der Waals surface area contributed by atoms with Crippen molar-refractivity contribution in [3.05, 3.63) is 41.0 Å². The van der Waals surface area contributed by atoms with Crippen LogP contribution >= 0.6 is 11.6 Å². The van der Waals surface area contributed by atoms with Crippen molar-refractivity contribution < 1.29 is 0 Å². The zero-order chi connectivity index (χ0) is 20.3.